The van der Waals surface area contributed by atoms with E-state index in [4.69, 9.17) is 0 Å². The first-order chi connectivity index (χ1) is 8.31. The van der Waals surface area contributed by atoms with Gasteiger partial charge in [-0.2, -0.15) is 4.98 Å². The summed E-state index contributed by atoms with van der Waals surface area (Å²) in [5.74, 6) is 0.732. The van der Waals surface area contributed by atoms with E-state index in [1.807, 2.05) is 16.8 Å². The molecule has 4 heteroatoms. The number of rotatable bonds is 6. The molecule has 0 unspecified atom stereocenters. The maximum Gasteiger partial charge on any atom is 0.243 e. The van der Waals surface area contributed by atoms with Crippen LogP contribution in [0.1, 0.15) is 38.2 Å². The van der Waals surface area contributed by atoms with Crippen LogP contribution in [0.3, 0.4) is 0 Å². The molecule has 2 aromatic heterocycles. The number of nitrogens with zero attached hydrogens (tertiary/aromatic N) is 3. The van der Waals surface area contributed by atoms with Gasteiger partial charge in [-0.25, -0.2) is 4.52 Å². The summed E-state index contributed by atoms with van der Waals surface area (Å²) in [4.78, 5) is 4.47. The lowest BCUT2D eigenvalue weighted by Crippen LogP contribution is -2.03. The highest BCUT2D eigenvalue weighted by Crippen LogP contribution is 2.09. The molecule has 0 aliphatic heterocycles. The molecule has 0 saturated heterocycles. The van der Waals surface area contributed by atoms with Gasteiger partial charge in [0.2, 0.25) is 5.95 Å². The summed E-state index contributed by atoms with van der Waals surface area (Å²) < 4.78 is 1.82. The highest BCUT2D eigenvalue weighted by atomic mass is 15.3. The fraction of sp³-hybridized carbons (Fsp3) is 0.538. The molecule has 0 fully saturated rings. The van der Waals surface area contributed by atoms with Crippen molar-refractivity contribution in [3.05, 3.63) is 23.9 Å². The Kier molecular flexibility index (Phi) is 3.96. The normalized spacial score (nSPS) is 10.9. The number of aromatic nitrogens is 3. The van der Waals surface area contributed by atoms with E-state index in [0.717, 1.165) is 23.7 Å². The van der Waals surface area contributed by atoms with Gasteiger partial charge >= 0.3 is 0 Å². The molecule has 17 heavy (non-hydrogen) atoms. The minimum atomic E-state index is 0.732. The van der Waals surface area contributed by atoms with Crippen molar-refractivity contribution in [1.82, 2.24) is 14.6 Å². The van der Waals surface area contributed by atoms with Gasteiger partial charge in [-0.3, -0.25) is 0 Å². The third kappa shape index (κ3) is 2.96. The van der Waals surface area contributed by atoms with Crippen LogP contribution in [0.2, 0.25) is 0 Å². The number of hydrogen-bond acceptors (Lipinski definition) is 3. The van der Waals surface area contributed by atoms with E-state index < -0.39 is 0 Å². The second-order valence-corrected chi connectivity index (χ2v) is 4.38. The molecule has 0 amide bonds. The highest BCUT2D eigenvalue weighted by Gasteiger charge is 2.03. The fourth-order valence-corrected chi connectivity index (χ4v) is 1.87. The summed E-state index contributed by atoms with van der Waals surface area (Å²) in [6, 6.07) is 4.04. The van der Waals surface area contributed by atoms with Gasteiger partial charge in [0, 0.05) is 12.7 Å². The van der Waals surface area contributed by atoms with Crippen molar-refractivity contribution in [1.29, 1.82) is 0 Å². The second-order valence-electron chi connectivity index (χ2n) is 4.38. The van der Waals surface area contributed by atoms with E-state index >= 15 is 0 Å². The maximum absolute atomic E-state index is 4.47. The van der Waals surface area contributed by atoms with Crippen LogP contribution in [0.5, 0.6) is 0 Å². The summed E-state index contributed by atoms with van der Waals surface area (Å²) in [6.45, 7) is 5.23. The van der Waals surface area contributed by atoms with Gasteiger partial charge in [-0.05, 0) is 25.0 Å². The Labute approximate surface area is 102 Å². The number of aryl methyl sites for hydroxylation is 1. The van der Waals surface area contributed by atoms with Crippen LogP contribution in [0.25, 0.3) is 5.65 Å². The predicted molar refractivity (Wildman–Crippen MR) is 70.4 cm³/mol. The Morgan fingerprint density at radius 2 is 2.18 bits per heavy atom. The van der Waals surface area contributed by atoms with Gasteiger partial charge < -0.3 is 5.32 Å². The van der Waals surface area contributed by atoms with Crippen LogP contribution in [-0.4, -0.2) is 21.1 Å². The molecule has 0 atom stereocenters. The summed E-state index contributed by atoms with van der Waals surface area (Å²) in [5, 5.41) is 7.66. The van der Waals surface area contributed by atoms with E-state index in [0.29, 0.717) is 0 Å². The zero-order chi connectivity index (χ0) is 12.1. The second kappa shape index (κ2) is 5.66. The number of hydrogen-bond donors (Lipinski definition) is 1. The minimum absolute atomic E-state index is 0.732. The Balaban J connectivity index is 1.93. The Morgan fingerprint density at radius 3 is 2.94 bits per heavy atom. The van der Waals surface area contributed by atoms with Gasteiger partial charge in [0.05, 0.1) is 0 Å². The molecule has 0 spiro atoms. The lowest BCUT2D eigenvalue weighted by Gasteiger charge is -2.00. The molecule has 0 saturated carbocycles. The van der Waals surface area contributed by atoms with Crippen molar-refractivity contribution in [2.24, 2.45) is 0 Å². The smallest absolute Gasteiger partial charge is 0.243 e. The average molecular weight is 232 g/mol. The van der Waals surface area contributed by atoms with E-state index in [2.05, 4.69) is 35.3 Å². The number of fused-ring (bicyclic) bond motifs is 1. The van der Waals surface area contributed by atoms with E-state index in [1.54, 1.807) is 0 Å². The predicted octanol–water partition coefficient (Wildman–Crippen LogP) is 3.03. The largest absolute Gasteiger partial charge is 0.353 e. The summed E-state index contributed by atoms with van der Waals surface area (Å²) in [6.07, 6.45) is 6.96. The Morgan fingerprint density at radius 1 is 1.29 bits per heavy atom. The molecule has 2 rings (SSSR count). The van der Waals surface area contributed by atoms with E-state index in [1.165, 1.54) is 25.7 Å². The summed E-state index contributed by atoms with van der Waals surface area (Å²) in [5.41, 5.74) is 2.09. The Bertz CT molecular complexity index is 475. The molecule has 0 bridgehead atoms. The first kappa shape index (κ1) is 11.9. The zero-order valence-electron chi connectivity index (χ0n) is 10.6. The Hall–Kier alpha value is -1.58. The van der Waals surface area contributed by atoms with E-state index in [-0.39, 0.29) is 0 Å². The van der Waals surface area contributed by atoms with Crippen LogP contribution in [0.4, 0.5) is 5.95 Å². The van der Waals surface area contributed by atoms with Crippen molar-refractivity contribution in [3.63, 3.8) is 0 Å². The third-order valence-electron chi connectivity index (χ3n) is 2.87. The average Bonchev–Trinajstić information content (AvgIpc) is 2.73. The molecule has 2 heterocycles. The molecule has 0 aliphatic rings. The first-order valence-electron chi connectivity index (χ1n) is 6.37. The van der Waals surface area contributed by atoms with E-state index in [9.17, 15) is 0 Å². The fourth-order valence-electron chi connectivity index (χ4n) is 1.87. The molecular weight excluding hydrogens is 212 g/mol. The third-order valence-corrected chi connectivity index (χ3v) is 2.87. The molecular formula is C13H20N4. The minimum Gasteiger partial charge on any atom is -0.353 e. The van der Waals surface area contributed by atoms with Crippen molar-refractivity contribution < 1.29 is 0 Å². The van der Waals surface area contributed by atoms with Crippen molar-refractivity contribution in [3.8, 4) is 0 Å². The van der Waals surface area contributed by atoms with Crippen molar-refractivity contribution in [2.75, 3.05) is 11.9 Å². The van der Waals surface area contributed by atoms with Crippen LogP contribution >= 0.6 is 0 Å². The topological polar surface area (TPSA) is 42.2 Å². The number of pyridine rings is 1. The van der Waals surface area contributed by atoms with Crippen LogP contribution < -0.4 is 5.32 Å². The van der Waals surface area contributed by atoms with Gasteiger partial charge in [0.1, 0.15) is 0 Å². The molecule has 0 aliphatic carbocycles. The molecule has 1 N–H and O–H groups in total. The van der Waals surface area contributed by atoms with Crippen LogP contribution in [0.15, 0.2) is 18.3 Å². The van der Waals surface area contributed by atoms with Gasteiger partial charge in [0.25, 0.3) is 0 Å². The first-order valence-corrected chi connectivity index (χ1v) is 6.37. The maximum atomic E-state index is 4.47. The quantitative estimate of drug-likeness (QED) is 0.778. The molecule has 2 aromatic rings. The number of unbranched alkanes of at least 4 members (excludes halogenated alkanes) is 3. The number of anilines is 1. The highest BCUT2D eigenvalue weighted by molar-refractivity contribution is 5.49. The molecule has 0 radical (unpaired) electrons. The van der Waals surface area contributed by atoms with Gasteiger partial charge in [0.15, 0.2) is 5.65 Å². The number of nitrogens with one attached hydrogen (secondary N) is 1. The lowest BCUT2D eigenvalue weighted by molar-refractivity contribution is 0.683. The summed E-state index contributed by atoms with van der Waals surface area (Å²) >= 11 is 0. The standard InChI is InChI=1S/C13H20N4/c1-3-4-5-6-9-14-13-15-12-11(2)8-7-10-17(12)16-13/h7-8,10H,3-6,9H2,1-2H3,(H,14,16). The summed E-state index contributed by atoms with van der Waals surface area (Å²) in [7, 11) is 0. The van der Waals surface area contributed by atoms with Gasteiger partial charge in [-0.1, -0.05) is 32.3 Å². The lowest BCUT2D eigenvalue weighted by atomic mass is 10.2. The van der Waals surface area contributed by atoms with Crippen LogP contribution in [-0.2, 0) is 0 Å². The molecule has 0 aromatic carbocycles. The monoisotopic (exact) mass is 232 g/mol. The van der Waals surface area contributed by atoms with Crippen LogP contribution in [0, 0.1) is 6.92 Å². The van der Waals surface area contributed by atoms with Crippen molar-refractivity contribution >= 4 is 11.6 Å². The zero-order valence-corrected chi connectivity index (χ0v) is 10.6. The van der Waals surface area contributed by atoms with Crippen molar-refractivity contribution in [2.45, 2.75) is 39.5 Å². The molecule has 4 nitrogen and oxygen atoms in total. The molecule has 92 valence electrons. The van der Waals surface area contributed by atoms with Gasteiger partial charge in [-0.15, -0.1) is 5.10 Å². The SMILES string of the molecule is CCCCCCNc1nc2c(C)cccn2n1.